The van der Waals surface area contributed by atoms with Gasteiger partial charge in [0.25, 0.3) is 10.1 Å². The third-order valence-electron chi connectivity index (χ3n) is 3.00. The van der Waals surface area contributed by atoms with Crippen LogP contribution in [0, 0.1) is 0 Å². The molecule has 0 bridgehead atoms. The Morgan fingerprint density at radius 2 is 1.65 bits per heavy atom. The van der Waals surface area contributed by atoms with Gasteiger partial charge in [-0.15, -0.1) is 0 Å². The van der Waals surface area contributed by atoms with Gasteiger partial charge in [0.15, 0.2) is 0 Å². The third-order valence-corrected chi connectivity index (χ3v) is 5.34. The predicted molar refractivity (Wildman–Crippen MR) is 97.5 cm³/mol. The zero-order valence-corrected chi connectivity index (χ0v) is 17.0. The summed E-state index contributed by atoms with van der Waals surface area (Å²) < 4.78 is 61.0. The van der Waals surface area contributed by atoms with Gasteiger partial charge in [0, 0.05) is 0 Å². The molecule has 0 aromatic heterocycles. The summed E-state index contributed by atoms with van der Waals surface area (Å²) >= 11 is 0. The Kier molecular flexibility index (Phi) is 10.6. The Labute approximate surface area is 155 Å². The Morgan fingerprint density at radius 1 is 1.04 bits per heavy atom. The number of ether oxygens (including phenoxy) is 2. The van der Waals surface area contributed by atoms with Crippen LogP contribution in [0.3, 0.4) is 0 Å². The Morgan fingerprint density at radius 3 is 2.19 bits per heavy atom. The molecule has 0 radical (unpaired) electrons. The smallest absolute Gasteiger partial charge is 0.356 e. The zero-order valence-electron chi connectivity index (χ0n) is 15.3. The normalized spacial score (nSPS) is 13.7. The van der Waals surface area contributed by atoms with E-state index in [0.29, 0.717) is 6.61 Å². The molecule has 0 amide bonds. The highest BCUT2D eigenvalue weighted by molar-refractivity contribution is 7.85. The van der Waals surface area contributed by atoms with E-state index in [4.69, 9.17) is 22.7 Å². The summed E-state index contributed by atoms with van der Waals surface area (Å²) in [6, 6.07) is 9.48. The second-order valence-electron chi connectivity index (χ2n) is 5.35. The van der Waals surface area contributed by atoms with Crippen LogP contribution >= 0.6 is 7.60 Å². The maximum absolute atomic E-state index is 12.4. The van der Waals surface area contributed by atoms with Crippen LogP contribution in [0.25, 0.3) is 0 Å². The van der Waals surface area contributed by atoms with Crippen molar-refractivity contribution in [2.45, 2.75) is 26.6 Å². The van der Waals surface area contributed by atoms with Crippen LogP contribution in [-0.4, -0.2) is 53.6 Å². The molecule has 0 saturated carbocycles. The fraction of sp³-hybridized carbons (Fsp3) is 0.625. The van der Waals surface area contributed by atoms with Crippen molar-refractivity contribution < 1.29 is 35.7 Å². The van der Waals surface area contributed by atoms with Crippen molar-refractivity contribution in [2.24, 2.45) is 0 Å². The van der Waals surface area contributed by atoms with Crippen LogP contribution in [-0.2, 0) is 44.0 Å². The van der Waals surface area contributed by atoms with Crippen LogP contribution in [0.4, 0.5) is 0 Å². The van der Waals surface area contributed by atoms with Crippen LogP contribution in [0.15, 0.2) is 30.3 Å². The van der Waals surface area contributed by atoms with E-state index in [1.165, 1.54) is 0 Å². The van der Waals surface area contributed by atoms with Crippen molar-refractivity contribution in [2.75, 3.05) is 39.0 Å². The monoisotopic (exact) mass is 410 g/mol. The molecule has 0 aliphatic carbocycles. The average molecular weight is 410 g/mol. The fourth-order valence-corrected chi connectivity index (χ4v) is 3.73. The molecule has 0 aliphatic heterocycles. The molecule has 1 aromatic carbocycles. The molecular formula is C16H27O8PS. The van der Waals surface area contributed by atoms with E-state index in [1.54, 1.807) is 13.8 Å². The topological polar surface area (TPSA) is 97.4 Å². The largest absolute Gasteiger partial charge is 0.374 e. The molecule has 0 aliphatic rings. The summed E-state index contributed by atoms with van der Waals surface area (Å²) in [7, 11) is -7.05. The predicted octanol–water partition coefficient (Wildman–Crippen LogP) is 2.79. The van der Waals surface area contributed by atoms with Gasteiger partial charge >= 0.3 is 7.60 Å². The number of hydrogen-bond donors (Lipinski definition) is 0. The average Bonchev–Trinajstić information content (AvgIpc) is 2.57. The van der Waals surface area contributed by atoms with Gasteiger partial charge in [0.1, 0.15) is 12.5 Å². The Balaban J connectivity index is 2.60. The molecule has 26 heavy (non-hydrogen) atoms. The minimum atomic E-state index is -3.64. The first kappa shape index (κ1) is 23.2. The number of hydrogen-bond acceptors (Lipinski definition) is 8. The first-order valence-electron chi connectivity index (χ1n) is 8.23. The molecule has 1 atom stereocenters. The Hall–Kier alpha value is -0.800. The molecule has 150 valence electrons. The van der Waals surface area contributed by atoms with Gasteiger partial charge in [-0.1, -0.05) is 30.3 Å². The van der Waals surface area contributed by atoms with E-state index in [9.17, 15) is 13.0 Å². The van der Waals surface area contributed by atoms with Crippen molar-refractivity contribution >= 4 is 17.7 Å². The standard InChI is InChI=1S/C16H27O8PS/c1-4-22-25(17,23-5-2)14-21-16(13-24-26(3,18)19)12-20-11-15-9-7-6-8-10-15/h6-10,16H,4-5,11-14H2,1-3H3/t16-/m0/s1. The SMILES string of the molecule is CCOP(=O)(CO[C@@H](COCc1ccccc1)COS(C)(=O)=O)OCC. The lowest BCUT2D eigenvalue weighted by Gasteiger charge is -2.22. The molecule has 1 aromatic rings. The number of benzene rings is 1. The van der Waals surface area contributed by atoms with E-state index in [2.05, 4.69) is 0 Å². The molecule has 10 heteroatoms. The molecule has 0 unspecified atom stereocenters. The number of rotatable bonds is 14. The minimum Gasteiger partial charge on any atom is -0.374 e. The summed E-state index contributed by atoms with van der Waals surface area (Å²) in [6.07, 6.45) is -0.121. The first-order valence-corrected chi connectivity index (χ1v) is 11.8. The molecule has 1 rings (SSSR count). The van der Waals surface area contributed by atoms with Gasteiger partial charge in [0.05, 0.1) is 39.3 Å². The summed E-state index contributed by atoms with van der Waals surface area (Å²) in [6.45, 7) is 3.92. The maximum atomic E-state index is 12.4. The van der Waals surface area contributed by atoms with Crippen LogP contribution in [0.5, 0.6) is 0 Å². The lowest BCUT2D eigenvalue weighted by molar-refractivity contribution is -0.0309. The second-order valence-corrected chi connectivity index (χ2v) is 8.99. The summed E-state index contributed by atoms with van der Waals surface area (Å²) in [5, 5.41) is 0. The van der Waals surface area contributed by atoms with Gasteiger partial charge in [-0.2, -0.15) is 8.42 Å². The quantitative estimate of drug-likeness (QED) is 0.341. The van der Waals surface area contributed by atoms with E-state index in [1.807, 2.05) is 30.3 Å². The van der Waals surface area contributed by atoms with Gasteiger partial charge in [-0.05, 0) is 19.4 Å². The lowest BCUT2D eigenvalue weighted by Crippen LogP contribution is -2.28. The first-order chi connectivity index (χ1) is 12.3. The molecule has 8 nitrogen and oxygen atoms in total. The van der Waals surface area contributed by atoms with Crippen molar-refractivity contribution in [1.82, 2.24) is 0 Å². The van der Waals surface area contributed by atoms with Gasteiger partial charge < -0.3 is 18.5 Å². The molecule has 0 fully saturated rings. The highest BCUT2D eigenvalue weighted by atomic mass is 32.2. The third kappa shape index (κ3) is 10.4. The lowest BCUT2D eigenvalue weighted by atomic mass is 10.2. The molecular weight excluding hydrogens is 383 g/mol. The summed E-state index contributed by atoms with van der Waals surface area (Å²) in [5.41, 5.74) is 0.963. The van der Waals surface area contributed by atoms with Crippen LogP contribution < -0.4 is 0 Å². The fourth-order valence-electron chi connectivity index (χ4n) is 1.93. The van der Waals surface area contributed by atoms with Crippen molar-refractivity contribution in [3.8, 4) is 0 Å². The van der Waals surface area contributed by atoms with E-state index >= 15 is 0 Å². The zero-order chi connectivity index (χ0) is 19.5. The highest BCUT2D eigenvalue weighted by Crippen LogP contribution is 2.48. The van der Waals surface area contributed by atoms with Crippen molar-refractivity contribution in [3.63, 3.8) is 0 Å². The van der Waals surface area contributed by atoms with Crippen LogP contribution in [0.2, 0.25) is 0 Å². The van der Waals surface area contributed by atoms with Crippen molar-refractivity contribution in [1.29, 1.82) is 0 Å². The van der Waals surface area contributed by atoms with Crippen LogP contribution in [0.1, 0.15) is 19.4 Å². The molecule has 0 N–H and O–H groups in total. The van der Waals surface area contributed by atoms with E-state index < -0.39 is 23.8 Å². The summed E-state index contributed by atoms with van der Waals surface area (Å²) in [4.78, 5) is 0. The molecule has 0 saturated heterocycles. The highest BCUT2D eigenvalue weighted by Gasteiger charge is 2.26. The van der Waals surface area contributed by atoms with Crippen molar-refractivity contribution in [3.05, 3.63) is 35.9 Å². The van der Waals surface area contributed by atoms with Gasteiger partial charge in [-0.3, -0.25) is 8.75 Å². The second kappa shape index (κ2) is 11.8. The van der Waals surface area contributed by atoms with Gasteiger partial charge in [0.2, 0.25) is 0 Å². The maximum Gasteiger partial charge on any atom is 0.356 e. The van der Waals surface area contributed by atoms with E-state index in [0.717, 1.165) is 11.8 Å². The Bertz CT molecular complexity index is 639. The van der Waals surface area contributed by atoms with E-state index in [-0.39, 0.29) is 32.8 Å². The summed E-state index contributed by atoms with van der Waals surface area (Å²) in [5.74, 6) is 0. The molecule has 0 heterocycles. The van der Waals surface area contributed by atoms with Gasteiger partial charge in [-0.25, -0.2) is 0 Å². The molecule has 0 spiro atoms. The minimum absolute atomic E-state index is 0.0582.